The minimum Gasteiger partial charge on any atom is -0.454 e. The van der Waals surface area contributed by atoms with E-state index in [0.717, 1.165) is 11.4 Å². The first-order valence-electron chi connectivity index (χ1n) is 10.8. The number of hydrogen-bond acceptors (Lipinski definition) is 6. The van der Waals surface area contributed by atoms with Gasteiger partial charge in [0.05, 0.1) is 0 Å². The van der Waals surface area contributed by atoms with Crippen molar-refractivity contribution in [3.8, 4) is 0 Å². The van der Waals surface area contributed by atoms with Crippen LogP contribution in [0.1, 0.15) is 29.8 Å². The second kappa shape index (κ2) is 10.7. The van der Waals surface area contributed by atoms with Crippen LogP contribution in [0, 0.1) is 12.8 Å². The molecule has 2 amide bonds. The van der Waals surface area contributed by atoms with Gasteiger partial charge in [-0.05, 0) is 36.6 Å². The van der Waals surface area contributed by atoms with Gasteiger partial charge in [0.1, 0.15) is 11.9 Å². The van der Waals surface area contributed by atoms with Crippen molar-refractivity contribution in [2.24, 2.45) is 5.92 Å². The van der Waals surface area contributed by atoms with Crippen molar-refractivity contribution in [2.45, 2.75) is 26.8 Å². The van der Waals surface area contributed by atoms with Crippen molar-refractivity contribution >= 4 is 23.6 Å². The van der Waals surface area contributed by atoms with Gasteiger partial charge in [0.25, 0.3) is 11.8 Å². The van der Waals surface area contributed by atoms with Crippen LogP contribution in [-0.4, -0.2) is 66.5 Å². The van der Waals surface area contributed by atoms with Crippen LogP contribution in [0.25, 0.3) is 0 Å². The number of nitrogens with one attached hydrogen (secondary N) is 1. The number of benzene rings is 1. The molecule has 0 saturated carbocycles. The number of pyridine rings is 1. The fourth-order valence-corrected chi connectivity index (χ4v) is 3.58. The van der Waals surface area contributed by atoms with Crippen LogP contribution in [0.3, 0.4) is 0 Å². The summed E-state index contributed by atoms with van der Waals surface area (Å²) in [5.74, 6) is -0.493. The summed E-state index contributed by atoms with van der Waals surface area (Å²) >= 11 is 0. The van der Waals surface area contributed by atoms with E-state index in [1.807, 2.05) is 51.1 Å². The highest BCUT2D eigenvalue weighted by molar-refractivity contribution is 5.98. The third-order valence-corrected chi connectivity index (χ3v) is 5.54. The normalized spacial score (nSPS) is 14.8. The lowest BCUT2D eigenvalue weighted by atomic mass is 10.0. The van der Waals surface area contributed by atoms with Gasteiger partial charge in [0, 0.05) is 37.9 Å². The van der Waals surface area contributed by atoms with Crippen molar-refractivity contribution in [3.63, 3.8) is 0 Å². The maximum absolute atomic E-state index is 12.6. The van der Waals surface area contributed by atoms with E-state index in [1.54, 1.807) is 23.2 Å². The Balaban J connectivity index is 1.50. The molecule has 1 N–H and O–H groups in total. The van der Waals surface area contributed by atoms with E-state index in [1.165, 1.54) is 0 Å². The third-order valence-electron chi connectivity index (χ3n) is 5.54. The molecular formula is C24H30N4O4. The largest absolute Gasteiger partial charge is 0.454 e. The van der Waals surface area contributed by atoms with Crippen LogP contribution in [-0.2, 0) is 14.3 Å². The lowest BCUT2D eigenvalue weighted by Crippen LogP contribution is -2.51. The summed E-state index contributed by atoms with van der Waals surface area (Å²) in [6, 6.07) is 12.1. The van der Waals surface area contributed by atoms with E-state index >= 15 is 0 Å². The number of aromatic nitrogens is 1. The molecule has 0 spiro atoms. The molecule has 170 valence electrons. The van der Waals surface area contributed by atoms with Gasteiger partial charge in [-0.1, -0.05) is 38.1 Å². The van der Waals surface area contributed by atoms with E-state index < -0.39 is 12.0 Å². The Morgan fingerprint density at radius 1 is 1.03 bits per heavy atom. The highest BCUT2D eigenvalue weighted by Crippen LogP contribution is 2.13. The maximum atomic E-state index is 12.6. The number of anilines is 1. The zero-order valence-corrected chi connectivity index (χ0v) is 18.8. The zero-order valence-electron chi connectivity index (χ0n) is 18.8. The van der Waals surface area contributed by atoms with Crippen molar-refractivity contribution in [1.29, 1.82) is 0 Å². The van der Waals surface area contributed by atoms with Crippen molar-refractivity contribution in [1.82, 2.24) is 15.2 Å². The Morgan fingerprint density at radius 2 is 1.72 bits per heavy atom. The molecule has 8 nitrogen and oxygen atoms in total. The van der Waals surface area contributed by atoms with Crippen LogP contribution >= 0.6 is 0 Å². The average Bonchev–Trinajstić information content (AvgIpc) is 2.81. The highest BCUT2D eigenvalue weighted by Gasteiger charge is 2.28. The summed E-state index contributed by atoms with van der Waals surface area (Å²) in [7, 11) is 0. The number of rotatable bonds is 7. The first-order valence-corrected chi connectivity index (χ1v) is 10.8. The standard InChI is InChI=1S/C24H30N4O4/c1-17(2)22(26-23(30)19-9-5-4-8-18(19)3)24(31)32-16-21(29)28-14-12-27(13-15-28)20-10-6-7-11-25-20/h4-11,17,22H,12-16H2,1-3H3,(H,26,30)/t22-/m0/s1. The van der Waals surface area contributed by atoms with Gasteiger partial charge in [-0.15, -0.1) is 0 Å². The molecule has 8 heteroatoms. The molecule has 1 atom stereocenters. The molecule has 0 bridgehead atoms. The van der Waals surface area contributed by atoms with Crippen LogP contribution < -0.4 is 10.2 Å². The Hall–Kier alpha value is -3.42. The van der Waals surface area contributed by atoms with Crippen LogP contribution in [0.4, 0.5) is 5.82 Å². The first-order chi connectivity index (χ1) is 15.4. The molecule has 0 unspecified atom stereocenters. The van der Waals surface area contributed by atoms with Gasteiger partial charge in [-0.25, -0.2) is 9.78 Å². The molecule has 2 heterocycles. The van der Waals surface area contributed by atoms with Gasteiger partial charge < -0.3 is 19.9 Å². The number of carbonyl (C=O) groups excluding carboxylic acids is 3. The molecule has 1 aromatic heterocycles. The number of nitrogens with zero attached hydrogens (tertiary/aromatic N) is 3. The van der Waals surface area contributed by atoms with Gasteiger partial charge >= 0.3 is 5.97 Å². The van der Waals surface area contributed by atoms with Gasteiger partial charge in [0.2, 0.25) is 0 Å². The Morgan fingerprint density at radius 3 is 2.34 bits per heavy atom. The molecule has 1 fully saturated rings. The smallest absolute Gasteiger partial charge is 0.329 e. The van der Waals surface area contributed by atoms with Crippen molar-refractivity contribution in [3.05, 3.63) is 59.8 Å². The molecular weight excluding hydrogens is 408 g/mol. The first kappa shape index (κ1) is 23.2. The number of esters is 1. The lowest BCUT2D eigenvalue weighted by molar-refractivity contribution is -0.154. The summed E-state index contributed by atoms with van der Waals surface area (Å²) in [5.41, 5.74) is 1.33. The molecule has 1 saturated heterocycles. The van der Waals surface area contributed by atoms with Crippen molar-refractivity contribution < 1.29 is 19.1 Å². The quantitative estimate of drug-likeness (QED) is 0.665. The fourth-order valence-electron chi connectivity index (χ4n) is 3.58. The Labute approximate surface area is 188 Å². The SMILES string of the molecule is Cc1ccccc1C(=O)N[C@H](C(=O)OCC(=O)N1CCN(c2ccccn2)CC1)C(C)C. The van der Waals surface area contributed by atoms with Crippen LogP contribution in [0.15, 0.2) is 48.7 Å². The van der Waals surface area contributed by atoms with Gasteiger partial charge in [0.15, 0.2) is 6.61 Å². The Bertz CT molecular complexity index is 940. The molecule has 1 aliphatic rings. The van der Waals surface area contributed by atoms with Crippen molar-refractivity contribution in [2.75, 3.05) is 37.7 Å². The molecule has 3 rings (SSSR count). The molecule has 32 heavy (non-hydrogen) atoms. The molecule has 0 aliphatic carbocycles. The summed E-state index contributed by atoms with van der Waals surface area (Å²) in [6.07, 6.45) is 1.75. The molecule has 1 aliphatic heterocycles. The third kappa shape index (κ3) is 5.84. The van der Waals surface area contributed by atoms with Gasteiger partial charge in [-0.2, -0.15) is 0 Å². The van der Waals surface area contributed by atoms with E-state index in [2.05, 4.69) is 15.2 Å². The summed E-state index contributed by atoms with van der Waals surface area (Å²) in [5, 5.41) is 2.75. The summed E-state index contributed by atoms with van der Waals surface area (Å²) < 4.78 is 5.29. The fraction of sp³-hybridized carbons (Fsp3) is 0.417. The average molecular weight is 439 g/mol. The topological polar surface area (TPSA) is 91.8 Å². The second-order valence-corrected chi connectivity index (χ2v) is 8.17. The van der Waals surface area contributed by atoms with Gasteiger partial charge in [-0.3, -0.25) is 9.59 Å². The molecule has 2 aromatic rings. The highest BCUT2D eigenvalue weighted by atomic mass is 16.5. The number of hydrogen-bond donors (Lipinski definition) is 1. The monoisotopic (exact) mass is 438 g/mol. The second-order valence-electron chi connectivity index (χ2n) is 8.17. The zero-order chi connectivity index (χ0) is 23.1. The maximum Gasteiger partial charge on any atom is 0.329 e. The van der Waals surface area contributed by atoms with E-state index in [4.69, 9.17) is 4.74 Å². The molecule has 1 aromatic carbocycles. The number of aryl methyl sites for hydroxylation is 1. The minimum absolute atomic E-state index is 0.188. The summed E-state index contributed by atoms with van der Waals surface area (Å²) in [4.78, 5) is 45.9. The van der Waals surface area contributed by atoms with Crippen LogP contribution in [0.5, 0.6) is 0 Å². The van der Waals surface area contributed by atoms with E-state index in [0.29, 0.717) is 31.7 Å². The number of piperazine rings is 1. The van der Waals surface area contributed by atoms with E-state index in [-0.39, 0.29) is 24.3 Å². The molecule has 0 radical (unpaired) electrons. The van der Waals surface area contributed by atoms with E-state index in [9.17, 15) is 14.4 Å². The lowest BCUT2D eigenvalue weighted by Gasteiger charge is -2.35. The number of ether oxygens (including phenoxy) is 1. The number of carbonyl (C=O) groups is 3. The predicted molar refractivity (Wildman–Crippen MR) is 121 cm³/mol. The summed E-state index contributed by atoms with van der Waals surface area (Å²) in [6.45, 7) is 7.53. The predicted octanol–water partition coefficient (Wildman–Crippen LogP) is 2.04. The van der Waals surface area contributed by atoms with Crippen LogP contribution in [0.2, 0.25) is 0 Å². The minimum atomic E-state index is -0.837. The number of amides is 2. The Kier molecular flexibility index (Phi) is 7.81.